The Hall–Kier alpha value is -2.48. The van der Waals surface area contributed by atoms with Gasteiger partial charge in [-0.15, -0.1) is 0 Å². The molecule has 1 aromatic rings. The van der Waals surface area contributed by atoms with Crippen LogP contribution in [-0.4, -0.2) is 41.5 Å². The first-order valence-corrected chi connectivity index (χ1v) is 8.52. The number of ether oxygens (including phenoxy) is 3. The number of hydrogen-bond donors (Lipinski definition) is 0. The Kier molecular flexibility index (Phi) is 4.71. The van der Waals surface area contributed by atoms with E-state index in [4.69, 9.17) is 14.2 Å². The summed E-state index contributed by atoms with van der Waals surface area (Å²) in [6.45, 7) is 5.05. The molecule has 25 heavy (non-hydrogen) atoms. The van der Waals surface area contributed by atoms with Gasteiger partial charge in [-0.05, 0) is 61.9 Å². The summed E-state index contributed by atoms with van der Waals surface area (Å²) >= 11 is 0.798. The summed E-state index contributed by atoms with van der Waals surface area (Å²) in [4.78, 5) is 37.4. The minimum atomic E-state index is -0.613. The highest BCUT2D eigenvalue weighted by atomic mass is 32.2. The molecule has 1 saturated heterocycles. The highest BCUT2D eigenvalue weighted by Crippen LogP contribution is 2.37. The number of rotatable bonds is 4. The van der Waals surface area contributed by atoms with Crippen molar-refractivity contribution in [2.45, 2.75) is 26.9 Å². The minimum absolute atomic E-state index is 0.159. The first-order chi connectivity index (χ1) is 11.8. The second-order valence-electron chi connectivity index (χ2n) is 5.87. The lowest BCUT2D eigenvalue weighted by Gasteiger charge is -2.13. The van der Waals surface area contributed by atoms with Crippen LogP contribution in [0.3, 0.4) is 0 Å². The van der Waals surface area contributed by atoms with Gasteiger partial charge in [0.15, 0.2) is 11.5 Å². The summed E-state index contributed by atoms with van der Waals surface area (Å²) in [7, 11) is 0. The van der Waals surface area contributed by atoms with Gasteiger partial charge in [-0.3, -0.25) is 19.3 Å². The van der Waals surface area contributed by atoms with E-state index in [1.54, 1.807) is 26.0 Å². The van der Waals surface area contributed by atoms with Crippen LogP contribution in [0.15, 0.2) is 17.0 Å². The molecule has 1 aromatic carbocycles. The largest absolute Gasteiger partial charge is 0.462 e. The average Bonchev–Trinajstić information content (AvgIpc) is 3.06. The monoisotopic (exact) mass is 363 g/mol. The van der Waals surface area contributed by atoms with Crippen molar-refractivity contribution in [3.05, 3.63) is 28.2 Å². The molecule has 0 aliphatic carbocycles. The zero-order chi connectivity index (χ0) is 18.1. The maximum absolute atomic E-state index is 12.4. The van der Waals surface area contributed by atoms with Gasteiger partial charge in [0.1, 0.15) is 6.54 Å². The summed E-state index contributed by atoms with van der Waals surface area (Å²) in [5.74, 6) is 0.126. The SMILES string of the molecule is Cc1cc2c(cc1/C=C1/SC(=O)N(CC(=O)OC(C)C)C1=O)OCO2. The van der Waals surface area contributed by atoms with Gasteiger partial charge in [-0.1, -0.05) is 0 Å². The molecule has 0 atom stereocenters. The third kappa shape index (κ3) is 3.63. The predicted octanol–water partition coefficient (Wildman–Crippen LogP) is 2.71. The number of fused-ring (bicyclic) bond motifs is 1. The van der Waals surface area contributed by atoms with Crippen molar-refractivity contribution < 1.29 is 28.6 Å². The fourth-order valence-corrected chi connectivity index (χ4v) is 3.25. The van der Waals surface area contributed by atoms with Crippen molar-refractivity contribution in [1.82, 2.24) is 4.90 Å². The maximum Gasteiger partial charge on any atom is 0.326 e. The molecule has 8 heteroatoms. The topological polar surface area (TPSA) is 82.1 Å². The molecule has 3 rings (SSSR count). The molecule has 7 nitrogen and oxygen atoms in total. The Bertz CT molecular complexity index is 786. The van der Waals surface area contributed by atoms with E-state index in [-0.39, 0.29) is 24.3 Å². The van der Waals surface area contributed by atoms with E-state index in [9.17, 15) is 14.4 Å². The van der Waals surface area contributed by atoms with E-state index in [0.717, 1.165) is 27.8 Å². The quantitative estimate of drug-likeness (QED) is 0.601. The van der Waals surface area contributed by atoms with Crippen molar-refractivity contribution in [3.63, 3.8) is 0 Å². The van der Waals surface area contributed by atoms with E-state index in [1.807, 2.05) is 13.0 Å². The zero-order valence-corrected chi connectivity index (χ0v) is 14.8. The molecule has 0 N–H and O–H groups in total. The van der Waals surface area contributed by atoms with Crippen LogP contribution >= 0.6 is 11.8 Å². The maximum atomic E-state index is 12.4. The molecule has 0 saturated carbocycles. The molecule has 132 valence electrons. The van der Waals surface area contributed by atoms with E-state index in [0.29, 0.717) is 11.5 Å². The van der Waals surface area contributed by atoms with Crippen molar-refractivity contribution in [2.75, 3.05) is 13.3 Å². The number of aryl methyl sites for hydroxylation is 1. The average molecular weight is 363 g/mol. The number of benzene rings is 1. The molecule has 0 aromatic heterocycles. The van der Waals surface area contributed by atoms with E-state index in [1.165, 1.54) is 0 Å². The number of amides is 2. The van der Waals surface area contributed by atoms with Crippen molar-refractivity contribution >= 4 is 35.0 Å². The van der Waals surface area contributed by atoms with Gasteiger partial charge in [-0.2, -0.15) is 0 Å². The first-order valence-electron chi connectivity index (χ1n) is 7.70. The smallest absolute Gasteiger partial charge is 0.326 e. The van der Waals surface area contributed by atoms with Gasteiger partial charge < -0.3 is 14.2 Å². The fraction of sp³-hybridized carbons (Fsp3) is 0.353. The first kappa shape index (κ1) is 17.3. The molecule has 0 bridgehead atoms. The van der Waals surface area contributed by atoms with Crippen molar-refractivity contribution in [1.29, 1.82) is 0 Å². The summed E-state index contributed by atoms with van der Waals surface area (Å²) in [5.41, 5.74) is 1.63. The van der Waals surface area contributed by atoms with Gasteiger partial charge in [0.2, 0.25) is 6.79 Å². The van der Waals surface area contributed by atoms with E-state index in [2.05, 4.69) is 0 Å². The normalized spacial score (nSPS) is 17.8. The second-order valence-corrected chi connectivity index (χ2v) is 6.86. The summed E-state index contributed by atoms with van der Waals surface area (Å²) in [6.07, 6.45) is 1.31. The molecule has 2 amide bonds. The minimum Gasteiger partial charge on any atom is -0.462 e. The molecule has 2 aliphatic heterocycles. The third-order valence-electron chi connectivity index (χ3n) is 3.58. The van der Waals surface area contributed by atoms with Crippen LogP contribution in [0, 0.1) is 6.92 Å². The molecular weight excluding hydrogens is 346 g/mol. The van der Waals surface area contributed by atoms with Crippen molar-refractivity contribution in [3.8, 4) is 11.5 Å². The summed E-state index contributed by atoms with van der Waals surface area (Å²) < 4.78 is 15.6. The Morgan fingerprint density at radius 1 is 1.32 bits per heavy atom. The van der Waals surface area contributed by atoms with Crippen LogP contribution in [0.5, 0.6) is 11.5 Å². The van der Waals surface area contributed by atoms with Gasteiger partial charge in [-0.25, -0.2) is 0 Å². The Balaban J connectivity index is 1.80. The second kappa shape index (κ2) is 6.79. The van der Waals surface area contributed by atoms with Crippen LogP contribution in [0.4, 0.5) is 4.79 Å². The highest BCUT2D eigenvalue weighted by Gasteiger charge is 2.37. The van der Waals surface area contributed by atoms with Gasteiger partial charge in [0.25, 0.3) is 11.1 Å². The number of carbonyl (C=O) groups excluding carboxylic acids is 3. The lowest BCUT2D eigenvalue weighted by Crippen LogP contribution is -2.35. The van der Waals surface area contributed by atoms with Crippen LogP contribution in [-0.2, 0) is 14.3 Å². The third-order valence-corrected chi connectivity index (χ3v) is 4.48. The highest BCUT2D eigenvalue weighted by molar-refractivity contribution is 8.18. The number of carbonyl (C=O) groups is 3. The van der Waals surface area contributed by atoms with Gasteiger partial charge in [0.05, 0.1) is 11.0 Å². The Morgan fingerprint density at radius 2 is 2.00 bits per heavy atom. The number of imide groups is 1. The zero-order valence-electron chi connectivity index (χ0n) is 14.0. The van der Waals surface area contributed by atoms with E-state index < -0.39 is 17.1 Å². The lowest BCUT2D eigenvalue weighted by molar-refractivity contribution is -0.149. The van der Waals surface area contributed by atoms with Crippen LogP contribution in [0.2, 0.25) is 0 Å². The molecule has 1 fully saturated rings. The van der Waals surface area contributed by atoms with Gasteiger partial charge >= 0.3 is 5.97 Å². The number of thioether (sulfide) groups is 1. The molecule has 0 unspecified atom stereocenters. The lowest BCUT2D eigenvalue weighted by atomic mass is 10.1. The molecular formula is C17H17NO6S. The van der Waals surface area contributed by atoms with Crippen LogP contribution < -0.4 is 9.47 Å². The Labute approximate surface area is 148 Å². The standard InChI is InChI=1S/C17H17NO6S/c1-9(2)24-15(19)7-18-16(20)14(25-17(18)21)6-11-5-13-12(4-10(11)3)22-8-23-13/h4-6,9H,7-8H2,1-3H3/b14-6+. The van der Waals surface area contributed by atoms with Crippen LogP contribution in [0.25, 0.3) is 6.08 Å². The molecule has 2 heterocycles. The number of hydrogen-bond acceptors (Lipinski definition) is 7. The molecule has 2 aliphatic rings. The van der Waals surface area contributed by atoms with Gasteiger partial charge in [0, 0.05) is 0 Å². The Morgan fingerprint density at radius 3 is 2.68 bits per heavy atom. The predicted molar refractivity (Wildman–Crippen MR) is 91.2 cm³/mol. The van der Waals surface area contributed by atoms with E-state index >= 15 is 0 Å². The summed E-state index contributed by atoms with van der Waals surface area (Å²) in [5, 5.41) is -0.490. The summed E-state index contributed by atoms with van der Waals surface area (Å²) in [6, 6.07) is 3.58. The molecule has 0 spiro atoms. The number of nitrogens with zero attached hydrogens (tertiary/aromatic N) is 1. The fourth-order valence-electron chi connectivity index (χ4n) is 2.42. The number of esters is 1. The molecule has 0 radical (unpaired) electrons. The van der Waals surface area contributed by atoms with Crippen molar-refractivity contribution in [2.24, 2.45) is 0 Å². The van der Waals surface area contributed by atoms with Crippen LogP contribution in [0.1, 0.15) is 25.0 Å².